The molecule has 7 nitrogen and oxygen atoms in total. The van der Waals surface area contributed by atoms with Crippen molar-refractivity contribution in [1.82, 2.24) is 15.1 Å². The lowest BCUT2D eigenvalue weighted by Crippen LogP contribution is -2.48. The van der Waals surface area contributed by atoms with E-state index in [0.717, 1.165) is 41.2 Å². The van der Waals surface area contributed by atoms with Gasteiger partial charge in [-0.1, -0.05) is 29.8 Å². The molecule has 0 bridgehead atoms. The van der Waals surface area contributed by atoms with Crippen LogP contribution in [0.5, 0.6) is 5.75 Å². The molecule has 0 unspecified atom stereocenters. The number of carbonyl (C=O) groups is 1. The van der Waals surface area contributed by atoms with Gasteiger partial charge in [-0.05, 0) is 55.5 Å². The number of nitrogens with zero attached hydrogens (tertiary/aromatic N) is 4. The van der Waals surface area contributed by atoms with Crippen LogP contribution in [0.2, 0.25) is 0 Å². The summed E-state index contributed by atoms with van der Waals surface area (Å²) >= 11 is 0. The molecule has 0 aliphatic carbocycles. The van der Waals surface area contributed by atoms with E-state index in [4.69, 9.17) is 9.15 Å². The van der Waals surface area contributed by atoms with Crippen LogP contribution in [0.15, 0.2) is 77.2 Å². The molecule has 1 amide bonds. The predicted octanol–water partition coefficient (Wildman–Crippen LogP) is 4.68. The molecule has 1 fully saturated rings. The molecule has 0 atom stereocenters. The highest BCUT2D eigenvalue weighted by atomic mass is 16.5. The normalized spacial score (nSPS) is 13.7. The first-order chi connectivity index (χ1) is 16.6. The Balaban J connectivity index is 1.24. The standard InChI is InChI=1S/C27H26N4O3/c1-19-6-5-7-22(18-19)26-29-28-25(34-26)20-10-12-21(13-11-20)27(32)31-16-14-30(15-17-31)23-8-3-4-9-24(23)33-2/h3-13,18H,14-17H2,1-2H3. The van der Waals surface area contributed by atoms with Crippen LogP contribution in [0, 0.1) is 6.92 Å². The molecule has 4 aromatic rings. The summed E-state index contributed by atoms with van der Waals surface area (Å²) in [6.45, 7) is 4.85. The molecule has 1 aliphatic heterocycles. The lowest BCUT2D eigenvalue weighted by molar-refractivity contribution is 0.0746. The van der Waals surface area contributed by atoms with Crippen LogP contribution < -0.4 is 9.64 Å². The van der Waals surface area contributed by atoms with E-state index >= 15 is 0 Å². The van der Waals surface area contributed by atoms with E-state index in [9.17, 15) is 4.79 Å². The molecule has 0 saturated carbocycles. The molecule has 34 heavy (non-hydrogen) atoms. The van der Waals surface area contributed by atoms with Gasteiger partial charge in [0.1, 0.15) is 5.75 Å². The van der Waals surface area contributed by atoms with E-state index in [2.05, 4.69) is 21.2 Å². The molecule has 7 heteroatoms. The van der Waals surface area contributed by atoms with E-state index in [1.165, 1.54) is 0 Å². The van der Waals surface area contributed by atoms with Gasteiger partial charge in [-0.25, -0.2) is 0 Å². The second-order valence-corrected chi connectivity index (χ2v) is 8.31. The third-order valence-corrected chi connectivity index (χ3v) is 6.06. The van der Waals surface area contributed by atoms with Gasteiger partial charge in [0.25, 0.3) is 5.91 Å². The van der Waals surface area contributed by atoms with Crippen LogP contribution in [-0.2, 0) is 0 Å². The van der Waals surface area contributed by atoms with Gasteiger partial charge in [0.2, 0.25) is 11.8 Å². The highest BCUT2D eigenvalue weighted by Crippen LogP contribution is 2.29. The smallest absolute Gasteiger partial charge is 0.253 e. The number of carbonyl (C=O) groups excluding carboxylic acids is 1. The summed E-state index contributed by atoms with van der Waals surface area (Å²) in [5.41, 5.74) is 4.50. The fraction of sp³-hybridized carbons (Fsp3) is 0.222. The third kappa shape index (κ3) is 4.37. The largest absolute Gasteiger partial charge is 0.495 e. The fourth-order valence-corrected chi connectivity index (χ4v) is 4.21. The zero-order valence-corrected chi connectivity index (χ0v) is 19.3. The van der Waals surface area contributed by atoms with Crippen LogP contribution >= 0.6 is 0 Å². The van der Waals surface area contributed by atoms with E-state index in [1.54, 1.807) is 7.11 Å². The van der Waals surface area contributed by atoms with Crippen molar-refractivity contribution in [1.29, 1.82) is 0 Å². The molecule has 0 spiro atoms. The summed E-state index contributed by atoms with van der Waals surface area (Å²) < 4.78 is 11.3. The third-order valence-electron chi connectivity index (χ3n) is 6.06. The van der Waals surface area contributed by atoms with Crippen LogP contribution in [0.4, 0.5) is 5.69 Å². The number of aryl methyl sites for hydroxylation is 1. The number of para-hydroxylation sites is 2. The molecule has 0 N–H and O–H groups in total. The van der Waals surface area contributed by atoms with Crippen LogP contribution in [0.1, 0.15) is 15.9 Å². The van der Waals surface area contributed by atoms with Crippen molar-refractivity contribution >= 4 is 11.6 Å². The summed E-state index contributed by atoms with van der Waals surface area (Å²) in [6, 6.07) is 23.3. The zero-order valence-electron chi connectivity index (χ0n) is 19.3. The number of hydrogen-bond acceptors (Lipinski definition) is 6. The average Bonchev–Trinajstić information content (AvgIpc) is 3.39. The Morgan fingerprint density at radius 2 is 1.56 bits per heavy atom. The molecule has 5 rings (SSSR count). The van der Waals surface area contributed by atoms with Gasteiger partial charge in [-0.3, -0.25) is 4.79 Å². The Morgan fingerprint density at radius 3 is 2.26 bits per heavy atom. The number of rotatable bonds is 5. The number of piperazine rings is 1. The Labute approximate surface area is 198 Å². The topological polar surface area (TPSA) is 71.7 Å². The maximum Gasteiger partial charge on any atom is 0.253 e. The van der Waals surface area contributed by atoms with E-state index in [-0.39, 0.29) is 5.91 Å². The lowest BCUT2D eigenvalue weighted by Gasteiger charge is -2.36. The van der Waals surface area contributed by atoms with Gasteiger partial charge in [0.05, 0.1) is 12.8 Å². The highest BCUT2D eigenvalue weighted by Gasteiger charge is 2.24. The minimum absolute atomic E-state index is 0.0252. The minimum atomic E-state index is 0.0252. The number of amides is 1. The van der Waals surface area contributed by atoms with Crippen molar-refractivity contribution in [3.05, 3.63) is 83.9 Å². The molecular weight excluding hydrogens is 428 g/mol. The molecule has 1 aliphatic rings. The first kappa shape index (κ1) is 21.7. The Morgan fingerprint density at radius 1 is 0.853 bits per heavy atom. The van der Waals surface area contributed by atoms with Crippen molar-refractivity contribution in [2.24, 2.45) is 0 Å². The van der Waals surface area contributed by atoms with Crippen molar-refractivity contribution in [3.63, 3.8) is 0 Å². The number of methoxy groups -OCH3 is 1. The van der Waals surface area contributed by atoms with E-state index in [0.29, 0.717) is 30.4 Å². The summed E-state index contributed by atoms with van der Waals surface area (Å²) in [7, 11) is 1.68. The lowest BCUT2D eigenvalue weighted by atomic mass is 10.1. The second kappa shape index (κ2) is 9.39. The Bertz CT molecular complexity index is 1290. The van der Waals surface area contributed by atoms with Crippen molar-refractivity contribution < 1.29 is 13.9 Å². The maximum atomic E-state index is 13.1. The van der Waals surface area contributed by atoms with Gasteiger partial charge in [-0.15, -0.1) is 10.2 Å². The SMILES string of the molecule is COc1ccccc1N1CCN(C(=O)c2ccc(-c3nnc(-c4cccc(C)c4)o3)cc2)CC1. The predicted molar refractivity (Wildman–Crippen MR) is 131 cm³/mol. The minimum Gasteiger partial charge on any atom is -0.495 e. The van der Waals surface area contributed by atoms with E-state index < -0.39 is 0 Å². The first-order valence-corrected chi connectivity index (χ1v) is 11.3. The van der Waals surface area contributed by atoms with Gasteiger partial charge < -0.3 is 19.0 Å². The summed E-state index contributed by atoms with van der Waals surface area (Å²) in [5.74, 6) is 1.79. The molecule has 3 aromatic carbocycles. The van der Waals surface area contributed by atoms with Crippen molar-refractivity contribution in [2.45, 2.75) is 6.92 Å². The number of anilines is 1. The first-order valence-electron chi connectivity index (χ1n) is 11.3. The maximum absolute atomic E-state index is 13.1. The quantitative estimate of drug-likeness (QED) is 0.436. The number of ether oxygens (including phenoxy) is 1. The van der Waals surface area contributed by atoms with Gasteiger partial charge >= 0.3 is 0 Å². The molecule has 172 valence electrons. The molecule has 2 heterocycles. The monoisotopic (exact) mass is 454 g/mol. The molecular formula is C27H26N4O3. The molecule has 0 radical (unpaired) electrons. The molecule has 1 aromatic heterocycles. The molecule has 1 saturated heterocycles. The summed E-state index contributed by atoms with van der Waals surface area (Å²) in [6.07, 6.45) is 0. The van der Waals surface area contributed by atoms with Crippen LogP contribution in [0.25, 0.3) is 22.9 Å². The number of hydrogen-bond donors (Lipinski definition) is 0. The second-order valence-electron chi connectivity index (χ2n) is 8.31. The highest BCUT2D eigenvalue weighted by molar-refractivity contribution is 5.94. The van der Waals surface area contributed by atoms with Gasteiger partial charge in [0.15, 0.2) is 0 Å². The zero-order chi connectivity index (χ0) is 23.5. The summed E-state index contributed by atoms with van der Waals surface area (Å²) in [4.78, 5) is 17.2. The number of aromatic nitrogens is 2. The van der Waals surface area contributed by atoms with Crippen molar-refractivity contribution in [3.8, 4) is 28.7 Å². The fourth-order valence-electron chi connectivity index (χ4n) is 4.21. The van der Waals surface area contributed by atoms with Crippen LogP contribution in [0.3, 0.4) is 0 Å². The Kier molecular flexibility index (Phi) is 5.99. The van der Waals surface area contributed by atoms with Crippen LogP contribution in [-0.4, -0.2) is 54.3 Å². The Hall–Kier alpha value is -4.13. The van der Waals surface area contributed by atoms with Gasteiger partial charge in [0, 0.05) is 42.9 Å². The average molecular weight is 455 g/mol. The summed E-state index contributed by atoms with van der Waals surface area (Å²) in [5, 5.41) is 8.35. The van der Waals surface area contributed by atoms with E-state index in [1.807, 2.05) is 78.6 Å². The van der Waals surface area contributed by atoms with Gasteiger partial charge in [-0.2, -0.15) is 0 Å². The van der Waals surface area contributed by atoms with Crippen molar-refractivity contribution in [2.75, 3.05) is 38.2 Å². The number of benzene rings is 3.